The Labute approximate surface area is 434 Å². The Morgan fingerprint density at radius 3 is 0.914 bits per heavy atom. The molecule has 0 aliphatic rings. The zero-order valence-electron chi connectivity index (χ0n) is 47.5. The molecule has 0 fully saturated rings. The number of ether oxygens (including phenoxy) is 4. The molecule has 2 atom stereocenters. The van der Waals surface area contributed by atoms with E-state index in [0.717, 1.165) is 38.5 Å². The second-order valence-electron chi connectivity index (χ2n) is 22.4. The third-order valence-corrected chi connectivity index (χ3v) is 14.1. The van der Waals surface area contributed by atoms with Gasteiger partial charge >= 0.3 is 17.9 Å². The van der Waals surface area contributed by atoms with E-state index in [1.54, 1.807) is 0 Å². The minimum absolute atomic E-state index is 0.172. The lowest BCUT2D eigenvalue weighted by molar-refractivity contribution is -0.870. The first kappa shape index (κ1) is 68.3. The molecule has 0 saturated carbocycles. The quantitative estimate of drug-likeness (QED) is 0.0278. The average molecular weight is 996 g/mol. The largest absolute Gasteiger partial charge is 0.477 e. The van der Waals surface area contributed by atoms with E-state index in [2.05, 4.69) is 13.8 Å². The summed E-state index contributed by atoms with van der Waals surface area (Å²) in [6.07, 6.45) is 57.6. The fourth-order valence-corrected chi connectivity index (χ4v) is 9.37. The van der Waals surface area contributed by atoms with E-state index in [-0.39, 0.29) is 38.2 Å². The lowest BCUT2D eigenvalue weighted by atomic mass is 10.0. The van der Waals surface area contributed by atoms with Gasteiger partial charge in [0.25, 0.3) is 6.29 Å². The van der Waals surface area contributed by atoms with Crippen LogP contribution in [0.15, 0.2) is 0 Å². The van der Waals surface area contributed by atoms with Crippen LogP contribution in [0.3, 0.4) is 0 Å². The molecule has 0 radical (unpaired) electrons. The Morgan fingerprint density at radius 1 is 0.371 bits per heavy atom. The van der Waals surface area contributed by atoms with E-state index in [0.29, 0.717) is 17.4 Å². The molecule has 9 heteroatoms. The van der Waals surface area contributed by atoms with Crippen LogP contribution in [-0.2, 0) is 33.3 Å². The summed E-state index contributed by atoms with van der Waals surface area (Å²) >= 11 is 0. The Kier molecular flexibility index (Phi) is 52.3. The highest BCUT2D eigenvalue weighted by Crippen LogP contribution is 2.18. The van der Waals surface area contributed by atoms with Gasteiger partial charge in [-0.05, 0) is 12.8 Å². The molecule has 0 aromatic carbocycles. The zero-order valence-corrected chi connectivity index (χ0v) is 47.5. The number of carboxylic acid groups (broad SMARTS) is 1. The molecule has 0 rings (SSSR count). The van der Waals surface area contributed by atoms with Crippen LogP contribution in [0.5, 0.6) is 0 Å². The highest BCUT2D eigenvalue weighted by Gasteiger charge is 2.25. The molecule has 416 valence electrons. The number of likely N-dealkylation sites (N-methyl/N-ethyl adjacent to an activating group) is 1. The lowest BCUT2D eigenvalue weighted by Gasteiger charge is -2.25. The first-order chi connectivity index (χ1) is 34.1. The zero-order chi connectivity index (χ0) is 51.3. The fraction of sp³-hybridized carbons (Fsp3) is 0.951. The normalized spacial score (nSPS) is 12.6. The summed E-state index contributed by atoms with van der Waals surface area (Å²) in [5.41, 5.74) is 0. The summed E-state index contributed by atoms with van der Waals surface area (Å²) in [6.45, 7) is 4.96. The van der Waals surface area contributed by atoms with E-state index in [1.807, 2.05) is 21.1 Å². The highest BCUT2D eigenvalue weighted by molar-refractivity contribution is 5.71. The fourth-order valence-electron chi connectivity index (χ4n) is 9.37. The van der Waals surface area contributed by atoms with Crippen molar-refractivity contribution in [3.63, 3.8) is 0 Å². The first-order valence-electron chi connectivity index (χ1n) is 30.7. The summed E-state index contributed by atoms with van der Waals surface area (Å²) in [5.74, 6) is -1.97. The van der Waals surface area contributed by atoms with Crippen molar-refractivity contribution in [1.82, 2.24) is 0 Å². The molecule has 2 unspecified atom stereocenters. The summed E-state index contributed by atoms with van der Waals surface area (Å²) in [7, 11) is 5.99. The van der Waals surface area contributed by atoms with E-state index in [4.69, 9.17) is 18.9 Å². The SMILES string of the molecule is CCCCCCCCCCCCCCCCCCCCCCCCCCCCC(=O)OC(COC(=O)CCCCCCCCCCCCCCCCCCCCC)COC(OCC[N+](C)(C)C)C(=O)O. The van der Waals surface area contributed by atoms with Crippen LogP contribution in [0.1, 0.15) is 316 Å². The van der Waals surface area contributed by atoms with Crippen molar-refractivity contribution >= 4 is 17.9 Å². The van der Waals surface area contributed by atoms with Crippen molar-refractivity contribution < 1.29 is 42.9 Å². The number of carbonyl (C=O) groups is 3. The topological polar surface area (TPSA) is 108 Å². The molecule has 0 saturated heterocycles. The maximum atomic E-state index is 12.9. The van der Waals surface area contributed by atoms with Gasteiger partial charge in [0.05, 0.1) is 34.4 Å². The smallest absolute Gasteiger partial charge is 0.361 e. The van der Waals surface area contributed by atoms with Gasteiger partial charge in [0, 0.05) is 12.8 Å². The van der Waals surface area contributed by atoms with Crippen molar-refractivity contribution in [1.29, 1.82) is 0 Å². The van der Waals surface area contributed by atoms with E-state index in [1.165, 1.54) is 250 Å². The van der Waals surface area contributed by atoms with Crippen molar-refractivity contribution in [2.75, 3.05) is 47.5 Å². The Balaban J connectivity index is 4.13. The number of quaternary nitrogens is 1. The standard InChI is InChI=1S/C61H119NO8/c1-6-8-10-12-14-16-18-20-22-24-26-27-28-29-30-31-32-34-36-38-40-42-44-46-48-50-52-59(64)70-57(56-69-61(60(65)66)67-54-53-62(3,4)5)55-68-58(63)51-49-47-45-43-41-39-37-35-33-25-23-21-19-17-15-13-11-9-7-2/h57,61H,6-56H2,1-5H3/p+1. The molecule has 0 aromatic rings. The van der Waals surface area contributed by atoms with Crippen LogP contribution in [0.4, 0.5) is 0 Å². The number of hydrogen-bond acceptors (Lipinski definition) is 7. The third kappa shape index (κ3) is 54.1. The van der Waals surface area contributed by atoms with Crippen molar-refractivity contribution in [2.24, 2.45) is 0 Å². The maximum Gasteiger partial charge on any atom is 0.361 e. The molecule has 9 nitrogen and oxygen atoms in total. The predicted octanol–water partition coefficient (Wildman–Crippen LogP) is 18.0. The summed E-state index contributed by atoms with van der Waals surface area (Å²) in [4.78, 5) is 37.4. The second-order valence-corrected chi connectivity index (χ2v) is 22.4. The number of aliphatic carboxylic acids is 1. The van der Waals surface area contributed by atoms with E-state index < -0.39 is 18.4 Å². The van der Waals surface area contributed by atoms with Gasteiger partial charge in [-0.3, -0.25) is 9.59 Å². The molecule has 0 bridgehead atoms. The van der Waals surface area contributed by atoms with Gasteiger partial charge in [-0.2, -0.15) is 0 Å². The molecule has 0 spiro atoms. The summed E-state index contributed by atoms with van der Waals surface area (Å²) in [6, 6.07) is 0. The Bertz CT molecular complexity index is 1110. The molecule has 0 amide bonds. The summed E-state index contributed by atoms with van der Waals surface area (Å²) in [5, 5.41) is 9.71. The number of unbranched alkanes of at least 4 members (excludes halogenated alkanes) is 43. The van der Waals surface area contributed by atoms with Gasteiger partial charge in [-0.25, -0.2) is 4.79 Å². The van der Waals surface area contributed by atoms with Crippen molar-refractivity contribution in [2.45, 2.75) is 328 Å². The number of esters is 2. The summed E-state index contributed by atoms with van der Waals surface area (Å²) < 4.78 is 22.9. The average Bonchev–Trinajstić information content (AvgIpc) is 3.33. The van der Waals surface area contributed by atoms with Crippen LogP contribution >= 0.6 is 0 Å². The van der Waals surface area contributed by atoms with Crippen molar-refractivity contribution in [3.05, 3.63) is 0 Å². The number of rotatable bonds is 58. The molecule has 0 aromatic heterocycles. The minimum atomic E-state index is -1.50. The Hall–Kier alpha value is -1.71. The molecule has 0 aliphatic carbocycles. The molecular formula is C61H120NO8+. The third-order valence-electron chi connectivity index (χ3n) is 14.1. The maximum absolute atomic E-state index is 12.9. The van der Waals surface area contributed by atoms with Gasteiger partial charge in [-0.15, -0.1) is 0 Å². The van der Waals surface area contributed by atoms with Crippen LogP contribution < -0.4 is 0 Å². The monoisotopic (exact) mass is 995 g/mol. The van der Waals surface area contributed by atoms with Gasteiger partial charge in [0.1, 0.15) is 13.2 Å². The minimum Gasteiger partial charge on any atom is -0.477 e. The van der Waals surface area contributed by atoms with Gasteiger partial charge < -0.3 is 28.5 Å². The van der Waals surface area contributed by atoms with Gasteiger partial charge in [0.2, 0.25) is 0 Å². The van der Waals surface area contributed by atoms with Gasteiger partial charge in [0.15, 0.2) is 6.10 Å². The second kappa shape index (κ2) is 53.6. The number of carbonyl (C=O) groups excluding carboxylic acids is 2. The van der Waals surface area contributed by atoms with Crippen LogP contribution in [0, 0.1) is 0 Å². The van der Waals surface area contributed by atoms with Crippen LogP contribution in [0.2, 0.25) is 0 Å². The number of nitrogens with zero attached hydrogens (tertiary/aromatic N) is 1. The Morgan fingerprint density at radius 2 is 0.643 bits per heavy atom. The molecule has 0 heterocycles. The van der Waals surface area contributed by atoms with E-state index in [9.17, 15) is 19.5 Å². The number of hydrogen-bond donors (Lipinski definition) is 1. The first-order valence-corrected chi connectivity index (χ1v) is 30.7. The predicted molar refractivity (Wildman–Crippen MR) is 295 cm³/mol. The highest BCUT2D eigenvalue weighted by atomic mass is 16.7. The lowest BCUT2D eigenvalue weighted by Crippen LogP contribution is -2.40. The van der Waals surface area contributed by atoms with Crippen molar-refractivity contribution in [3.8, 4) is 0 Å². The van der Waals surface area contributed by atoms with Crippen LogP contribution in [0.25, 0.3) is 0 Å². The van der Waals surface area contributed by atoms with Crippen LogP contribution in [-0.4, -0.2) is 87.4 Å². The van der Waals surface area contributed by atoms with E-state index >= 15 is 0 Å². The molecule has 0 aliphatic heterocycles. The molecule has 70 heavy (non-hydrogen) atoms. The number of carboxylic acids is 1. The molecular weight excluding hydrogens is 875 g/mol. The molecule has 1 N–H and O–H groups in total. The van der Waals surface area contributed by atoms with Gasteiger partial charge in [-0.1, -0.05) is 290 Å².